The normalized spacial score (nSPS) is 23.3. The maximum Gasteiger partial charge on any atom is 0.0638 e. The van der Waals surface area contributed by atoms with Crippen LogP contribution in [0.3, 0.4) is 0 Å². The molecule has 0 bridgehead atoms. The van der Waals surface area contributed by atoms with Crippen LogP contribution in [0.25, 0.3) is 0 Å². The van der Waals surface area contributed by atoms with Gasteiger partial charge in [0.25, 0.3) is 0 Å². The van der Waals surface area contributed by atoms with Crippen LogP contribution in [0.4, 0.5) is 0 Å². The van der Waals surface area contributed by atoms with Gasteiger partial charge in [-0.05, 0) is 13.8 Å². The molecule has 1 aliphatic heterocycles. The van der Waals surface area contributed by atoms with Crippen LogP contribution in [0.2, 0.25) is 0 Å². The summed E-state index contributed by atoms with van der Waals surface area (Å²) < 4.78 is 1.90. The summed E-state index contributed by atoms with van der Waals surface area (Å²) in [5, 5.41) is 7.78. The Kier molecular flexibility index (Phi) is 3.07. The summed E-state index contributed by atoms with van der Waals surface area (Å²) >= 11 is 0. The van der Waals surface area contributed by atoms with E-state index < -0.39 is 0 Å². The minimum atomic E-state index is 0.623. The van der Waals surface area contributed by atoms with Crippen molar-refractivity contribution in [2.45, 2.75) is 26.4 Å². The summed E-state index contributed by atoms with van der Waals surface area (Å²) in [7, 11) is 1.98. The number of aromatic nitrogens is 2. The van der Waals surface area contributed by atoms with E-state index in [1.54, 1.807) is 0 Å². The van der Waals surface area contributed by atoms with Crippen molar-refractivity contribution in [3.05, 3.63) is 17.5 Å². The van der Waals surface area contributed by atoms with E-state index in [2.05, 4.69) is 35.4 Å². The monoisotopic (exact) mass is 208 g/mol. The fourth-order valence-corrected chi connectivity index (χ4v) is 2.14. The summed E-state index contributed by atoms with van der Waals surface area (Å²) in [4.78, 5) is 2.51. The van der Waals surface area contributed by atoms with Crippen molar-refractivity contribution in [2.24, 2.45) is 7.05 Å². The molecule has 1 aromatic heterocycles. The zero-order chi connectivity index (χ0) is 10.8. The second-order valence-corrected chi connectivity index (χ2v) is 4.44. The molecule has 15 heavy (non-hydrogen) atoms. The van der Waals surface area contributed by atoms with Gasteiger partial charge in [-0.1, -0.05) is 0 Å². The van der Waals surface area contributed by atoms with Crippen LogP contribution in [0.1, 0.15) is 18.2 Å². The zero-order valence-corrected chi connectivity index (χ0v) is 9.82. The highest BCUT2D eigenvalue weighted by atomic mass is 15.3. The Morgan fingerprint density at radius 2 is 2.40 bits per heavy atom. The second kappa shape index (κ2) is 4.33. The molecule has 0 unspecified atom stereocenters. The molecule has 4 nitrogen and oxygen atoms in total. The van der Waals surface area contributed by atoms with Crippen molar-refractivity contribution in [1.29, 1.82) is 0 Å². The lowest BCUT2D eigenvalue weighted by atomic mass is 10.1. The first kappa shape index (κ1) is 10.6. The molecule has 84 valence electrons. The Balaban J connectivity index is 2.04. The summed E-state index contributed by atoms with van der Waals surface area (Å²) in [6, 6.07) is 0.623. The predicted molar refractivity (Wildman–Crippen MR) is 60.7 cm³/mol. The standard InChI is InChI=1S/C11H20N4/c1-9-6-12-4-5-15(9)8-11-7-14(3)13-10(11)2/h7,9,12H,4-6,8H2,1-3H3/t9-/m0/s1. The van der Waals surface area contributed by atoms with Gasteiger partial charge in [0.2, 0.25) is 0 Å². The first-order valence-electron chi connectivity index (χ1n) is 5.60. The van der Waals surface area contributed by atoms with Crippen LogP contribution in [0, 0.1) is 6.92 Å². The van der Waals surface area contributed by atoms with Crippen LogP contribution < -0.4 is 5.32 Å². The van der Waals surface area contributed by atoms with E-state index >= 15 is 0 Å². The van der Waals surface area contributed by atoms with Gasteiger partial charge >= 0.3 is 0 Å². The maximum atomic E-state index is 4.38. The van der Waals surface area contributed by atoms with Crippen molar-refractivity contribution in [3.8, 4) is 0 Å². The van der Waals surface area contributed by atoms with Crippen molar-refractivity contribution in [2.75, 3.05) is 19.6 Å². The predicted octanol–water partition coefficient (Wildman–Crippen LogP) is 0.522. The van der Waals surface area contributed by atoms with Crippen LogP contribution >= 0.6 is 0 Å². The van der Waals surface area contributed by atoms with E-state index in [4.69, 9.17) is 0 Å². The average Bonchev–Trinajstić information content (AvgIpc) is 2.49. The second-order valence-electron chi connectivity index (χ2n) is 4.44. The first-order chi connectivity index (χ1) is 7.16. The summed E-state index contributed by atoms with van der Waals surface area (Å²) in [5.41, 5.74) is 2.51. The lowest BCUT2D eigenvalue weighted by molar-refractivity contribution is 0.165. The maximum absolute atomic E-state index is 4.38. The smallest absolute Gasteiger partial charge is 0.0638 e. The quantitative estimate of drug-likeness (QED) is 0.769. The Labute approximate surface area is 91.3 Å². The highest BCUT2D eigenvalue weighted by Crippen LogP contribution is 2.12. The molecule has 1 saturated heterocycles. The molecule has 0 radical (unpaired) electrons. The van der Waals surface area contributed by atoms with E-state index in [0.717, 1.165) is 31.9 Å². The molecular weight excluding hydrogens is 188 g/mol. The van der Waals surface area contributed by atoms with E-state index in [0.29, 0.717) is 6.04 Å². The number of piperazine rings is 1. The van der Waals surface area contributed by atoms with Crippen molar-refractivity contribution < 1.29 is 0 Å². The SMILES string of the molecule is Cc1nn(C)cc1CN1CCNC[C@@H]1C. The molecule has 1 atom stereocenters. The highest BCUT2D eigenvalue weighted by Gasteiger charge is 2.19. The highest BCUT2D eigenvalue weighted by molar-refractivity contribution is 5.15. The molecular formula is C11H20N4. The fraction of sp³-hybridized carbons (Fsp3) is 0.727. The van der Waals surface area contributed by atoms with E-state index in [9.17, 15) is 0 Å². The lowest BCUT2D eigenvalue weighted by Gasteiger charge is -2.33. The van der Waals surface area contributed by atoms with Gasteiger partial charge in [-0.2, -0.15) is 5.10 Å². The summed E-state index contributed by atoms with van der Waals surface area (Å²) in [5.74, 6) is 0. The molecule has 4 heteroatoms. The average molecular weight is 208 g/mol. The molecule has 1 aromatic rings. The van der Waals surface area contributed by atoms with Crippen LogP contribution in [0.15, 0.2) is 6.20 Å². The van der Waals surface area contributed by atoms with Gasteiger partial charge in [-0.3, -0.25) is 9.58 Å². The van der Waals surface area contributed by atoms with Crippen molar-refractivity contribution in [3.63, 3.8) is 0 Å². The Morgan fingerprint density at radius 1 is 1.60 bits per heavy atom. The number of rotatable bonds is 2. The molecule has 1 fully saturated rings. The van der Waals surface area contributed by atoms with Gasteiger partial charge in [-0.15, -0.1) is 0 Å². The fourth-order valence-electron chi connectivity index (χ4n) is 2.14. The third-order valence-electron chi connectivity index (χ3n) is 3.13. The molecule has 2 heterocycles. The Bertz CT molecular complexity index is 331. The van der Waals surface area contributed by atoms with Gasteiger partial charge in [0, 0.05) is 51.0 Å². The minimum Gasteiger partial charge on any atom is -0.314 e. The minimum absolute atomic E-state index is 0.623. The van der Waals surface area contributed by atoms with E-state index in [1.807, 2.05) is 11.7 Å². The van der Waals surface area contributed by atoms with E-state index in [1.165, 1.54) is 5.56 Å². The van der Waals surface area contributed by atoms with Crippen LogP contribution in [0.5, 0.6) is 0 Å². The summed E-state index contributed by atoms with van der Waals surface area (Å²) in [6.45, 7) is 8.72. The molecule has 1 N–H and O–H groups in total. The number of nitrogens with one attached hydrogen (secondary N) is 1. The molecule has 2 rings (SSSR count). The van der Waals surface area contributed by atoms with Crippen molar-refractivity contribution >= 4 is 0 Å². The summed E-state index contributed by atoms with van der Waals surface area (Å²) in [6.07, 6.45) is 2.13. The van der Waals surface area contributed by atoms with Gasteiger partial charge < -0.3 is 5.32 Å². The Morgan fingerprint density at radius 3 is 3.00 bits per heavy atom. The zero-order valence-electron chi connectivity index (χ0n) is 9.82. The molecule has 1 aliphatic rings. The van der Waals surface area contributed by atoms with Gasteiger partial charge in [0.05, 0.1) is 5.69 Å². The van der Waals surface area contributed by atoms with Gasteiger partial charge in [-0.25, -0.2) is 0 Å². The number of nitrogens with zero attached hydrogens (tertiary/aromatic N) is 3. The number of hydrogen-bond acceptors (Lipinski definition) is 3. The lowest BCUT2D eigenvalue weighted by Crippen LogP contribution is -2.49. The van der Waals surface area contributed by atoms with Gasteiger partial charge in [0.1, 0.15) is 0 Å². The van der Waals surface area contributed by atoms with Crippen LogP contribution in [-0.4, -0.2) is 40.4 Å². The third-order valence-corrected chi connectivity index (χ3v) is 3.13. The number of hydrogen-bond donors (Lipinski definition) is 1. The topological polar surface area (TPSA) is 33.1 Å². The molecule has 0 saturated carbocycles. The largest absolute Gasteiger partial charge is 0.314 e. The third kappa shape index (κ3) is 2.38. The molecule has 0 spiro atoms. The van der Waals surface area contributed by atoms with Gasteiger partial charge in [0.15, 0.2) is 0 Å². The first-order valence-corrected chi connectivity index (χ1v) is 5.60. The number of aryl methyl sites for hydroxylation is 2. The van der Waals surface area contributed by atoms with Crippen LogP contribution in [-0.2, 0) is 13.6 Å². The molecule has 0 amide bonds. The van der Waals surface area contributed by atoms with E-state index in [-0.39, 0.29) is 0 Å². The molecule has 0 aromatic carbocycles. The Hall–Kier alpha value is -0.870. The molecule has 0 aliphatic carbocycles. The van der Waals surface area contributed by atoms with Crippen molar-refractivity contribution in [1.82, 2.24) is 20.0 Å².